The SMILES string of the molecule is CC(O)COC(C)COCCN(CCOCC(C)OCC(C)O)c1ccc(N=NCC(C)SC=C[NH3+])cc1. The van der Waals surface area contributed by atoms with Gasteiger partial charge >= 0.3 is 0 Å². The molecule has 0 spiro atoms. The zero-order valence-electron chi connectivity index (χ0n) is 23.7. The van der Waals surface area contributed by atoms with Crippen molar-refractivity contribution in [3.05, 3.63) is 35.9 Å². The Kier molecular flexibility index (Phi) is 19.3. The molecule has 0 aliphatic carbocycles. The number of aliphatic hydroxyl groups excluding tert-OH is 2. The molecule has 0 saturated carbocycles. The number of ether oxygens (including phenoxy) is 4. The zero-order chi connectivity index (χ0) is 28.2. The third-order valence-corrected chi connectivity index (χ3v) is 6.07. The van der Waals surface area contributed by atoms with Gasteiger partial charge in [-0.05, 0) is 52.0 Å². The first-order valence-electron chi connectivity index (χ1n) is 13.3. The average molecular weight is 558 g/mol. The van der Waals surface area contributed by atoms with Gasteiger partial charge in [0, 0.05) is 29.4 Å². The van der Waals surface area contributed by atoms with E-state index in [0.717, 1.165) is 11.4 Å². The minimum atomic E-state index is -0.492. The van der Waals surface area contributed by atoms with E-state index in [0.29, 0.717) is 64.5 Å². The summed E-state index contributed by atoms with van der Waals surface area (Å²) in [5.41, 5.74) is 5.54. The van der Waals surface area contributed by atoms with Crippen LogP contribution in [0.5, 0.6) is 0 Å². The molecule has 0 aromatic heterocycles. The lowest BCUT2D eigenvalue weighted by atomic mass is 10.2. The lowest BCUT2D eigenvalue weighted by Crippen LogP contribution is -2.38. The van der Waals surface area contributed by atoms with Crippen LogP contribution in [0.1, 0.15) is 34.6 Å². The number of benzene rings is 1. The molecule has 0 heterocycles. The summed E-state index contributed by atoms with van der Waals surface area (Å²) in [5.74, 6) is 0. The topological polar surface area (TPSA) is 133 Å². The minimum Gasteiger partial charge on any atom is -0.391 e. The third-order valence-electron chi connectivity index (χ3n) is 5.11. The fourth-order valence-electron chi connectivity index (χ4n) is 3.12. The molecule has 1 aromatic carbocycles. The van der Waals surface area contributed by atoms with E-state index in [-0.39, 0.29) is 12.2 Å². The van der Waals surface area contributed by atoms with Gasteiger partial charge in [0.25, 0.3) is 0 Å². The molecule has 0 aliphatic rings. The monoisotopic (exact) mass is 557 g/mol. The van der Waals surface area contributed by atoms with E-state index in [2.05, 4.69) is 27.8 Å². The summed E-state index contributed by atoms with van der Waals surface area (Å²) < 4.78 is 22.8. The molecular weight excluding hydrogens is 508 g/mol. The van der Waals surface area contributed by atoms with Crippen LogP contribution in [0.3, 0.4) is 0 Å². The van der Waals surface area contributed by atoms with Gasteiger partial charge in [-0.2, -0.15) is 10.2 Å². The summed E-state index contributed by atoms with van der Waals surface area (Å²) in [6.07, 6.45) is 0.606. The molecular formula is C27H49N4O6S+. The fourth-order valence-corrected chi connectivity index (χ4v) is 3.65. The fraction of sp³-hybridized carbons (Fsp3) is 0.704. The summed E-state index contributed by atoms with van der Waals surface area (Å²) in [4.78, 5) is 2.20. The van der Waals surface area contributed by atoms with Crippen molar-refractivity contribution >= 4 is 23.1 Å². The molecule has 0 amide bonds. The van der Waals surface area contributed by atoms with Crippen LogP contribution in [0.15, 0.2) is 46.1 Å². The number of rotatable bonds is 22. The highest BCUT2D eigenvalue weighted by Gasteiger charge is 2.10. The first kappa shape index (κ1) is 34.5. The molecule has 1 aromatic rings. The molecule has 218 valence electrons. The largest absolute Gasteiger partial charge is 0.391 e. The van der Waals surface area contributed by atoms with E-state index in [4.69, 9.17) is 18.9 Å². The van der Waals surface area contributed by atoms with Crippen molar-refractivity contribution in [3.8, 4) is 0 Å². The molecule has 5 unspecified atom stereocenters. The molecule has 0 saturated heterocycles. The normalized spacial score (nSPS) is 16.1. The van der Waals surface area contributed by atoms with E-state index < -0.39 is 12.2 Å². The smallest absolute Gasteiger partial charge is 0.0973 e. The van der Waals surface area contributed by atoms with Crippen LogP contribution in [-0.2, 0) is 18.9 Å². The van der Waals surface area contributed by atoms with Gasteiger partial charge < -0.3 is 39.8 Å². The Hall–Kier alpha value is -1.57. The van der Waals surface area contributed by atoms with Crippen LogP contribution in [0.25, 0.3) is 0 Å². The third kappa shape index (κ3) is 17.8. The van der Waals surface area contributed by atoms with Gasteiger partial charge in [-0.3, -0.25) is 0 Å². The maximum absolute atomic E-state index is 9.36. The van der Waals surface area contributed by atoms with Crippen molar-refractivity contribution in [2.24, 2.45) is 10.2 Å². The molecule has 0 radical (unpaired) electrons. The highest BCUT2D eigenvalue weighted by Crippen LogP contribution is 2.21. The lowest BCUT2D eigenvalue weighted by Gasteiger charge is -2.25. The predicted octanol–water partition coefficient (Wildman–Crippen LogP) is 3.02. The summed E-state index contributed by atoms with van der Waals surface area (Å²) in [6.45, 7) is 13.9. The first-order valence-corrected chi connectivity index (χ1v) is 14.2. The van der Waals surface area contributed by atoms with Gasteiger partial charge in [-0.1, -0.05) is 6.92 Å². The summed E-state index contributed by atoms with van der Waals surface area (Å²) in [5, 5.41) is 29.7. The molecule has 5 N–H and O–H groups in total. The van der Waals surface area contributed by atoms with E-state index in [1.54, 1.807) is 31.8 Å². The second-order valence-corrected chi connectivity index (χ2v) is 10.7. The Balaban J connectivity index is 2.62. The number of nitrogens with zero attached hydrogens (tertiary/aromatic N) is 3. The van der Waals surface area contributed by atoms with Crippen LogP contribution in [-0.4, -0.2) is 99.2 Å². The number of quaternary nitrogens is 1. The van der Waals surface area contributed by atoms with E-state index >= 15 is 0 Å². The van der Waals surface area contributed by atoms with Crippen LogP contribution in [0, 0.1) is 0 Å². The Morgan fingerprint density at radius 3 is 1.87 bits per heavy atom. The van der Waals surface area contributed by atoms with E-state index in [9.17, 15) is 10.2 Å². The standard InChI is InChI=1S/C27H48N4O6S/c1-21(32)17-36-23(3)19-34-13-11-31(12-14-35-20-24(4)37-18-22(2)33)27-8-6-26(7-9-27)30-29-16-25(5)38-15-10-28/h6-10,15,21-25,32-33H,11-14,16-20,28H2,1-5H3/p+1. The molecule has 1 rings (SSSR count). The van der Waals surface area contributed by atoms with Crippen LogP contribution >= 0.6 is 11.8 Å². The number of thioether (sulfide) groups is 1. The van der Waals surface area contributed by atoms with Gasteiger partial charge in [0.15, 0.2) is 0 Å². The quantitative estimate of drug-likeness (QED) is 0.146. The number of azo groups is 1. The highest BCUT2D eigenvalue weighted by atomic mass is 32.2. The minimum absolute atomic E-state index is 0.0927. The number of anilines is 1. The summed E-state index contributed by atoms with van der Waals surface area (Å²) in [7, 11) is 0. The van der Waals surface area contributed by atoms with E-state index in [1.807, 2.05) is 43.5 Å². The molecule has 11 heteroatoms. The van der Waals surface area contributed by atoms with Gasteiger partial charge in [-0.15, -0.1) is 11.8 Å². The van der Waals surface area contributed by atoms with Crippen LogP contribution in [0.2, 0.25) is 0 Å². The molecule has 0 bridgehead atoms. The Labute approximate surface area is 232 Å². The molecule has 38 heavy (non-hydrogen) atoms. The molecule has 5 atom stereocenters. The number of hydrogen-bond acceptors (Lipinski definition) is 10. The highest BCUT2D eigenvalue weighted by molar-refractivity contribution is 8.02. The maximum Gasteiger partial charge on any atom is 0.0973 e. The van der Waals surface area contributed by atoms with Crippen molar-refractivity contribution in [1.29, 1.82) is 0 Å². The zero-order valence-corrected chi connectivity index (χ0v) is 24.5. The second-order valence-electron chi connectivity index (χ2n) is 9.38. The Bertz CT molecular complexity index is 740. The van der Waals surface area contributed by atoms with Gasteiger partial charge in [-0.25, -0.2) is 0 Å². The van der Waals surface area contributed by atoms with E-state index in [1.165, 1.54) is 0 Å². The van der Waals surface area contributed by atoms with Crippen molar-refractivity contribution in [3.63, 3.8) is 0 Å². The van der Waals surface area contributed by atoms with Crippen LogP contribution in [0.4, 0.5) is 11.4 Å². The number of aliphatic hydroxyl groups is 2. The molecule has 0 aliphatic heterocycles. The predicted molar refractivity (Wildman–Crippen MR) is 153 cm³/mol. The van der Waals surface area contributed by atoms with Gasteiger partial charge in [0.1, 0.15) is 0 Å². The first-order chi connectivity index (χ1) is 18.2. The number of hydrogen-bond donors (Lipinski definition) is 3. The van der Waals surface area contributed by atoms with Gasteiger partial charge in [0.05, 0.1) is 82.5 Å². The average Bonchev–Trinajstić information content (AvgIpc) is 2.89. The van der Waals surface area contributed by atoms with Gasteiger partial charge in [0.2, 0.25) is 0 Å². The molecule has 10 nitrogen and oxygen atoms in total. The van der Waals surface area contributed by atoms with Crippen LogP contribution < -0.4 is 10.6 Å². The van der Waals surface area contributed by atoms with Crippen molar-refractivity contribution in [2.45, 2.75) is 64.3 Å². The Morgan fingerprint density at radius 1 is 0.868 bits per heavy atom. The Morgan fingerprint density at radius 2 is 1.39 bits per heavy atom. The summed E-state index contributed by atoms with van der Waals surface area (Å²) >= 11 is 1.68. The lowest BCUT2D eigenvalue weighted by molar-refractivity contribution is -0.274. The maximum atomic E-state index is 9.36. The van der Waals surface area contributed by atoms with Crippen molar-refractivity contribution < 1.29 is 34.9 Å². The molecule has 0 fully saturated rings. The van der Waals surface area contributed by atoms with Crippen molar-refractivity contribution in [2.75, 3.05) is 64.2 Å². The second kappa shape index (κ2) is 21.3. The summed E-state index contributed by atoms with van der Waals surface area (Å²) in [6, 6.07) is 7.97. The van der Waals surface area contributed by atoms with Crippen molar-refractivity contribution in [1.82, 2.24) is 0 Å².